The zero-order valence-corrected chi connectivity index (χ0v) is 12.1. The van der Waals surface area contributed by atoms with Gasteiger partial charge in [0.05, 0.1) is 6.20 Å². The van der Waals surface area contributed by atoms with Gasteiger partial charge < -0.3 is 0 Å². The fraction of sp³-hybridized carbons (Fsp3) is 0.0714. The van der Waals surface area contributed by atoms with E-state index in [2.05, 4.69) is 10.1 Å². The predicted octanol–water partition coefficient (Wildman–Crippen LogP) is 1.39. The van der Waals surface area contributed by atoms with Crippen molar-refractivity contribution in [3.05, 3.63) is 47.9 Å². The number of hydrogen-bond donors (Lipinski definition) is 2. The molecule has 3 aromatic rings. The van der Waals surface area contributed by atoms with E-state index in [9.17, 15) is 0 Å². The highest BCUT2D eigenvalue weighted by Crippen LogP contribution is 2.25. The molecule has 0 saturated carbocycles. The molecule has 2 aromatic heterocycles. The number of benzene rings is 1. The fourth-order valence-corrected chi connectivity index (χ4v) is 2.17. The summed E-state index contributed by atoms with van der Waals surface area (Å²) < 4.78 is 3.05. The van der Waals surface area contributed by atoms with Crippen LogP contribution in [0.25, 0.3) is 22.5 Å². The summed E-state index contributed by atoms with van der Waals surface area (Å²) in [7, 11) is 1.83. The second-order valence-electron chi connectivity index (χ2n) is 4.68. The molecule has 21 heavy (non-hydrogen) atoms. The van der Waals surface area contributed by atoms with E-state index in [0.29, 0.717) is 22.2 Å². The molecule has 4 N–H and O–H groups in total. The van der Waals surface area contributed by atoms with Crippen LogP contribution in [0.15, 0.2) is 42.9 Å². The Balaban J connectivity index is 2.15. The average molecular weight is 302 g/mol. The second-order valence-corrected chi connectivity index (χ2v) is 5.11. The Kier molecular flexibility index (Phi) is 3.23. The van der Waals surface area contributed by atoms with Gasteiger partial charge in [0, 0.05) is 29.4 Å². The molecule has 3 rings (SSSR count). The van der Waals surface area contributed by atoms with Crippen LogP contribution in [0.5, 0.6) is 0 Å². The maximum absolute atomic E-state index is 6.01. The lowest BCUT2D eigenvalue weighted by Crippen LogP contribution is -2.47. The van der Waals surface area contributed by atoms with Gasteiger partial charge in [0.15, 0.2) is 5.69 Å². The van der Waals surface area contributed by atoms with Crippen LogP contribution in [0.4, 0.5) is 5.82 Å². The van der Waals surface area contributed by atoms with Gasteiger partial charge in [0.2, 0.25) is 0 Å². The fourth-order valence-electron chi connectivity index (χ4n) is 2.05. The Morgan fingerprint density at radius 2 is 1.90 bits per heavy atom. The highest BCUT2D eigenvalue weighted by atomic mass is 35.5. The molecule has 0 atom stereocenters. The molecule has 0 saturated heterocycles. The summed E-state index contributed by atoms with van der Waals surface area (Å²) in [5, 5.41) is 4.80. The summed E-state index contributed by atoms with van der Waals surface area (Å²) in [6, 6.07) is 7.38. The van der Waals surface area contributed by atoms with E-state index in [1.54, 1.807) is 29.2 Å². The number of aryl methyl sites for hydroxylation is 1. The molecule has 106 valence electrons. The lowest BCUT2D eigenvalue weighted by molar-refractivity contribution is -0.623. The van der Waals surface area contributed by atoms with Gasteiger partial charge in [-0.1, -0.05) is 23.7 Å². The minimum absolute atomic E-state index is 0.376. The van der Waals surface area contributed by atoms with Gasteiger partial charge in [-0.3, -0.25) is 16.3 Å². The zero-order chi connectivity index (χ0) is 15.0. The summed E-state index contributed by atoms with van der Waals surface area (Å²) in [5.41, 5.74) is 9.03. The van der Waals surface area contributed by atoms with Crippen molar-refractivity contribution in [2.45, 2.75) is 0 Å². The van der Waals surface area contributed by atoms with Crippen LogP contribution in [-0.2, 0) is 7.05 Å². The Hall–Kier alpha value is -2.60. The van der Waals surface area contributed by atoms with Crippen LogP contribution in [-0.4, -0.2) is 14.8 Å². The lowest BCUT2D eigenvalue weighted by atomic mass is 10.1. The van der Waals surface area contributed by atoms with Crippen molar-refractivity contribution in [1.82, 2.24) is 14.8 Å². The summed E-state index contributed by atoms with van der Waals surface area (Å²) in [4.78, 5) is 4.59. The molecule has 0 spiro atoms. The van der Waals surface area contributed by atoms with Gasteiger partial charge in [0.25, 0.3) is 0 Å². The SMILES string of the molecule is Cn1cc(-c2nc(-c3ccc(Cl)cc3)c[n+](N)c2N)cn1. The maximum Gasteiger partial charge on any atom is 0.322 e. The molecule has 2 heterocycles. The Bertz CT molecular complexity index is 794. The number of anilines is 1. The Morgan fingerprint density at radius 3 is 2.52 bits per heavy atom. The van der Waals surface area contributed by atoms with E-state index in [0.717, 1.165) is 11.1 Å². The van der Waals surface area contributed by atoms with E-state index < -0.39 is 0 Å². The third-order valence-electron chi connectivity index (χ3n) is 3.13. The predicted molar refractivity (Wildman–Crippen MR) is 81.6 cm³/mol. The van der Waals surface area contributed by atoms with Crippen molar-refractivity contribution >= 4 is 17.4 Å². The Morgan fingerprint density at radius 1 is 1.19 bits per heavy atom. The number of nitrogens with zero attached hydrogens (tertiary/aromatic N) is 4. The molecule has 7 heteroatoms. The first-order valence-electron chi connectivity index (χ1n) is 6.27. The normalized spacial score (nSPS) is 10.8. The first-order valence-corrected chi connectivity index (χ1v) is 6.64. The first kappa shape index (κ1) is 13.4. The van der Waals surface area contributed by atoms with E-state index >= 15 is 0 Å². The summed E-state index contributed by atoms with van der Waals surface area (Å²) in [6.45, 7) is 0. The summed E-state index contributed by atoms with van der Waals surface area (Å²) in [5.74, 6) is 6.31. The molecule has 0 aliphatic carbocycles. The zero-order valence-electron chi connectivity index (χ0n) is 11.4. The number of nitrogens with two attached hydrogens (primary N) is 2. The topological polar surface area (TPSA) is 86.6 Å². The molecule has 0 radical (unpaired) electrons. The standard InChI is InChI=1S/C14H13ClN6/c1-20-7-10(6-18-20)13-14(16)21(17)8-12(19-13)9-2-4-11(15)5-3-9/h2-8,16H,17H2,1H3/p+1. The lowest BCUT2D eigenvalue weighted by Gasteiger charge is -2.06. The minimum atomic E-state index is 0.376. The molecule has 0 aliphatic rings. The van der Waals surface area contributed by atoms with Crippen LogP contribution >= 0.6 is 11.6 Å². The summed E-state index contributed by atoms with van der Waals surface area (Å²) >= 11 is 5.90. The molecule has 0 fully saturated rings. The minimum Gasteiger partial charge on any atom is -0.283 e. The molecule has 0 unspecified atom stereocenters. The average Bonchev–Trinajstić information content (AvgIpc) is 2.89. The van der Waals surface area contributed by atoms with E-state index in [1.807, 2.05) is 25.4 Å². The monoisotopic (exact) mass is 301 g/mol. The van der Waals surface area contributed by atoms with Crippen molar-refractivity contribution in [2.75, 3.05) is 11.6 Å². The third kappa shape index (κ3) is 2.53. The molecule has 0 aliphatic heterocycles. The van der Waals surface area contributed by atoms with Gasteiger partial charge in [0.1, 0.15) is 11.9 Å². The molecule has 6 nitrogen and oxygen atoms in total. The molecule has 0 amide bonds. The molecular weight excluding hydrogens is 288 g/mol. The van der Waals surface area contributed by atoms with Crippen molar-refractivity contribution < 1.29 is 4.68 Å². The largest absolute Gasteiger partial charge is 0.322 e. The number of rotatable bonds is 2. The molecular formula is C14H14ClN6+. The maximum atomic E-state index is 6.01. The van der Waals surface area contributed by atoms with Crippen LogP contribution in [0.1, 0.15) is 0 Å². The van der Waals surface area contributed by atoms with Gasteiger partial charge in [-0.05, 0) is 12.1 Å². The number of hydrogen-bond acceptors (Lipinski definition) is 4. The van der Waals surface area contributed by atoms with Gasteiger partial charge in [-0.15, -0.1) is 4.68 Å². The van der Waals surface area contributed by atoms with Gasteiger partial charge in [-0.25, -0.2) is 4.98 Å². The third-order valence-corrected chi connectivity index (χ3v) is 3.38. The van der Waals surface area contributed by atoms with Crippen molar-refractivity contribution in [3.8, 4) is 22.5 Å². The number of halogens is 1. The van der Waals surface area contributed by atoms with Crippen LogP contribution < -0.4 is 16.3 Å². The van der Waals surface area contributed by atoms with Crippen LogP contribution in [0, 0.1) is 0 Å². The molecule has 0 bridgehead atoms. The van der Waals surface area contributed by atoms with E-state index in [-0.39, 0.29) is 0 Å². The van der Waals surface area contributed by atoms with E-state index in [4.69, 9.17) is 23.2 Å². The summed E-state index contributed by atoms with van der Waals surface area (Å²) in [6.07, 6.45) is 5.22. The van der Waals surface area contributed by atoms with Crippen molar-refractivity contribution in [3.63, 3.8) is 0 Å². The Labute approximate surface area is 126 Å². The number of nitrogen functional groups attached to an aromatic ring is 2. The van der Waals surface area contributed by atoms with Gasteiger partial charge >= 0.3 is 5.82 Å². The second kappa shape index (κ2) is 5.06. The quantitative estimate of drug-likeness (QED) is 0.553. The van der Waals surface area contributed by atoms with Crippen molar-refractivity contribution in [2.24, 2.45) is 7.05 Å². The smallest absolute Gasteiger partial charge is 0.283 e. The highest BCUT2D eigenvalue weighted by molar-refractivity contribution is 6.30. The van der Waals surface area contributed by atoms with Crippen molar-refractivity contribution in [1.29, 1.82) is 0 Å². The van der Waals surface area contributed by atoms with E-state index in [1.165, 1.54) is 4.68 Å². The molecule has 1 aromatic carbocycles. The first-order chi connectivity index (χ1) is 10.0. The van der Waals surface area contributed by atoms with Crippen LogP contribution in [0.2, 0.25) is 5.02 Å². The number of aromatic nitrogens is 4. The van der Waals surface area contributed by atoms with Crippen LogP contribution in [0.3, 0.4) is 0 Å². The van der Waals surface area contributed by atoms with Gasteiger partial charge in [-0.2, -0.15) is 5.10 Å². The highest BCUT2D eigenvalue weighted by Gasteiger charge is 2.17.